The molecule has 142 valence electrons. The zero-order chi connectivity index (χ0) is 17.6. The van der Waals surface area contributed by atoms with Gasteiger partial charge in [-0.25, -0.2) is 0 Å². The zero-order valence-electron chi connectivity index (χ0n) is 15.2. The Morgan fingerprint density at radius 3 is 2.73 bits per heavy atom. The summed E-state index contributed by atoms with van der Waals surface area (Å²) < 4.78 is 1.76. The minimum Gasteiger partial charge on any atom is -0.343 e. The molecule has 1 saturated heterocycles. The van der Waals surface area contributed by atoms with Crippen LogP contribution in [0.4, 0.5) is 0 Å². The molecule has 0 saturated carbocycles. The average Bonchev–Trinajstić information content (AvgIpc) is 2.66. The number of carbonyl (C=O) groups is 1. The number of rotatable bonds is 6. The van der Waals surface area contributed by atoms with Gasteiger partial charge in [-0.1, -0.05) is 12.1 Å². The first-order chi connectivity index (χ1) is 12.2. The molecule has 2 heterocycles. The Morgan fingerprint density at radius 1 is 1.27 bits per heavy atom. The van der Waals surface area contributed by atoms with E-state index in [1.54, 1.807) is 10.7 Å². The number of halogens is 1. The van der Waals surface area contributed by atoms with Gasteiger partial charge in [0.2, 0.25) is 11.3 Å². The van der Waals surface area contributed by atoms with Gasteiger partial charge in [-0.3, -0.25) is 14.3 Å². The van der Waals surface area contributed by atoms with Crippen LogP contribution >= 0.6 is 12.4 Å². The van der Waals surface area contributed by atoms with Gasteiger partial charge in [0.05, 0.1) is 18.3 Å². The third-order valence-electron chi connectivity index (χ3n) is 5.07. The fourth-order valence-electron chi connectivity index (χ4n) is 3.52. The van der Waals surface area contributed by atoms with E-state index in [-0.39, 0.29) is 23.7 Å². The Bertz CT molecular complexity index is 784. The van der Waals surface area contributed by atoms with Crippen LogP contribution in [-0.4, -0.2) is 47.3 Å². The van der Waals surface area contributed by atoms with Gasteiger partial charge in [0.1, 0.15) is 0 Å². The van der Waals surface area contributed by atoms with Crippen LogP contribution in [-0.2, 0) is 11.3 Å². The minimum absolute atomic E-state index is 0. The summed E-state index contributed by atoms with van der Waals surface area (Å²) in [5, 5.41) is 8.04. The standard InChI is InChI=1S/C19H26N4O2.ClH/c1-20-10-6-15-7-11-22(12-8-15)19(25)9-13-23-17-5-3-2-4-16(17)18(24)14-21-23;/h2-5,14-15,20H,6-13H2,1H3;1H. The second kappa shape index (κ2) is 9.69. The molecule has 1 aromatic carbocycles. The molecule has 1 N–H and O–H groups in total. The summed E-state index contributed by atoms with van der Waals surface area (Å²) in [6.07, 6.45) is 5.12. The van der Waals surface area contributed by atoms with Crippen molar-refractivity contribution in [3.05, 3.63) is 40.7 Å². The number of aromatic nitrogens is 2. The summed E-state index contributed by atoms with van der Waals surface area (Å²) in [4.78, 5) is 26.3. The molecule has 0 spiro atoms. The lowest BCUT2D eigenvalue weighted by atomic mass is 9.93. The number of carbonyl (C=O) groups excluding carboxylic acids is 1. The number of para-hydroxylation sites is 1. The monoisotopic (exact) mass is 378 g/mol. The summed E-state index contributed by atoms with van der Waals surface area (Å²) in [5.74, 6) is 0.901. The predicted molar refractivity (Wildman–Crippen MR) is 106 cm³/mol. The largest absolute Gasteiger partial charge is 0.343 e. The second-order valence-electron chi connectivity index (χ2n) is 6.72. The molecule has 1 aromatic heterocycles. The maximum absolute atomic E-state index is 12.5. The van der Waals surface area contributed by atoms with Crippen molar-refractivity contribution in [2.75, 3.05) is 26.7 Å². The summed E-state index contributed by atoms with van der Waals surface area (Å²) in [7, 11) is 1.98. The molecule has 1 fully saturated rings. The van der Waals surface area contributed by atoms with Crippen LogP contribution in [0.25, 0.3) is 10.9 Å². The van der Waals surface area contributed by atoms with Crippen molar-refractivity contribution in [2.24, 2.45) is 5.92 Å². The van der Waals surface area contributed by atoms with E-state index in [1.165, 1.54) is 12.6 Å². The third-order valence-corrected chi connectivity index (χ3v) is 5.07. The molecule has 0 radical (unpaired) electrons. The SMILES string of the molecule is CNCCC1CCN(C(=O)CCn2ncc(=O)c3ccccc32)CC1.Cl. The van der Waals surface area contributed by atoms with Crippen molar-refractivity contribution < 1.29 is 4.79 Å². The van der Waals surface area contributed by atoms with Crippen molar-refractivity contribution in [2.45, 2.75) is 32.2 Å². The van der Waals surface area contributed by atoms with Gasteiger partial charge in [0, 0.05) is 24.9 Å². The summed E-state index contributed by atoms with van der Waals surface area (Å²) in [6.45, 7) is 3.25. The Kier molecular flexibility index (Phi) is 7.60. The van der Waals surface area contributed by atoms with Crippen LogP contribution in [0.15, 0.2) is 35.3 Å². The van der Waals surface area contributed by atoms with Gasteiger partial charge < -0.3 is 10.2 Å². The first kappa shape index (κ1) is 20.4. The number of likely N-dealkylation sites (tertiary alicyclic amines) is 1. The van der Waals surface area contributed by atoms with E-state index in [0.717, 1.165) is 43.9 Å². The molecule has 6 nitrogen and oxygen atoms in total. The highest BCUT2D eigenvalue weighted by Crippen LogP contribution is 2.20. The third kappa shape index (κ3) is 4.83. The van der Waals surface area contributed by atoms with E-state index in [1.807, 2.05) is 30.1 Å². The van der Waals surface area contributed by atoms with E-state index in [4.69, 9.17) is 0 Å². The van der Waals surface area contributed by atoms with Crippen molar-refractivity contribution in [3.8, 4) is 0 Å². The van der Waals surface area contributed by atoms with Crippen LogP contribution in [0.1, 0.15) is 25.7 Å². The lowest BCUT2D eigenvalue weighted by Gasteiger charge is -2.32. The molecule has 0 aliphatic carbocycles. The Balaban J connectivity index is 0.00000243. The highest BCUT2D eigenvalue weighted by atomic mass is 35.5. The maximum atomic E-state index is 12.5. The smallest absolute Gasteiger partial charge is 0.224 e. The first-order valence-electron chi connectivity index (χ1n) is 9.06. The molecule has 1 aliphatic heterocycles. The van der Waals surface area contributed by atoms with Crippen molar-refractivity contribution in [1.82, 2.24) is 20.0 Å². The summed E-state index contributed by atoms with van der Waals surface area (Å²) >= 11 is 0. The number of nitrogens with zero attached hydrogens (tertiary/aromatic N) is 3. The number of fused-ring (bicyclic) bond motifs is 1. The Hall–Kier alpha value is -1.92. The topological polar surface area (TPSA) is 67.2 Å². The highest BCUT2D eigenvalue weighted by molar-refractivity contribution is 5.85. The molecule has 3 rings (SSSR count). The minimum atomic E-state index is -0.0817. The van der Waals surface area contributed by atoms with Gasteiger partial charge in [0.25, 0.3) is 0 Å². The van der Waals surface area contributed by atoms with E-state index in [0.29, 0.717) is 18.4 Å². The number of benzene rings is 1. The van der Waals surface area contributed by atoms with Gasteiger partial charge in [0.15, 0.2) is 0 Å². The lowest BCUT2D eigenvalue weighted by Crippen LogP contribution is -2.39. The molecule has 2 aromatic rings. The molecule has 0 bridgehead atoms. The summed E-state index contributed by atoms with van der Waals surface area (Å²) in [6, 6.07) is 7.41. The van der Waals surface area contributed by atoms with Crippen LogP contribution in [0.2, 0.25) is 0 Å². The molecule has 1 aliphatic rings. The lowest BCUT2D eigenvalue weighted by molar-refractivity contribution is -0.132. The molecular weight excluding hydrogens is 352 g/mol. The van der Waals surface area contributed by atoms with Crippen molar-refractivity contribution >= 4 is 29.2 Å². The molecular formula is C19H27ClN4O2. The number of hydrogen-bond acceptors (Lipinski definition) is 4. The van der Waals surface area contributed by atoms with Crippen LogP contribution in [0.3, 0.4) is 0 Å². The first-order valence-corrected chi connectivity index (χ1v) is 9.06. The number of hydrogen-bond donors (Lipinski definition) is 1. The fourth-order valence-corrected chi connectivity index (χ4v) is 3.52. The van der Waals surface area contributed by atoms with Crippen LogP contribution < -0.4 is 10.7 Å². The number of nitrogens with one attached hydrogen (secondary N) is 1. The van der Waals surface area contributed by atoms with Crippen LogP contribution in [0.5, 0.6) is 0 Å². The Labute approximate surface area is 160 Å². The van der Waals surface area contributed by atoms with E-state index in [9.17, 15) is 9.59 Å². The van der Waals surface area contributed by atoms with Gasteiger partial charge in [-0.15, -0.1) is 12.4 Å². The highest BCUT2D eigenvalue weighted by Gasteiger charge is 2.22. The predicted octanol–water partition coefficient (Wildman–Crippen LogP) is 2.06. The van der Waals surface area contributed by atoms with Crippen molar-refractivity contribution in [3.63, 3.8) is 0 Å². The molecule has 0 unspecified atom stereocenters. The quantitative estimate of drug-likeness (QED) is 0.835. The normalized spacial score (nSPS) is 15.0. The molecule has 0 atom stereocenters. The number of amides is 1. The maximum Gasteiger partial charge on any atom is 0.224 e. The van der Waals surface area contributed by atoms with Gasteiger partial charge in [-0.2, -0.15) is 5.10 Å². The van der Waals surface area contributed by atoms with E-state index in [2.05, 4.69) is 10.4 Å². The fraction of sp³-hybridized carbons (Fsp3) is 0.526. The van der Waals surface area contributed by atoms with E-state index < -0.39 is 0 Å². The molecule has 1 amide bonds. The van der Waals surface area contributed by atoms with Gasteiger partial charge in [-0.05, 0) is 50.9 Å². The summed E-state index contributed by atoms with van der Waals surface area (Å²) in [5.41, 5.74) is 0.704. The number of aryl methyl sites for hydroxylation is 1. The Morgan fingerprint density at radius 2 is 2.00 bits per heavy atom. The molecule has 7 heteroatoms. The van der Waals surface area contributed by atoms with Crippen molar-refractivity contribution in [1.29, 1.82) is 0 Å². The second-order valence-corrected chi connectivity index (χ2v) is 6.72. The zero-order valence-corrected chi connectivity index (χ0v) is 16.0. The van der Waals surface area contributed by atoms with Gasteiger partial charge >= 0.3 is 0 Å². The van der Waals surface area contributed by atoms with Crippen LogP contribution in [0, 0.1) is 5.92 Å². The molecule has 26 heavy (non-hydrogen) atoms. The number of piperidine rings is 1. The van der Waals surface area contributed by atoms with E-state index >= 15 is 0 Å². The average molecular weight is 379 g/mol.